The third-order valence-corrected chi connectivity index (χ3v) is 2.65. The van der Waals surface area contributed by atoms with E-state index in [1.54, 1.807) is 0 Å². The summed E-state index contributed by atoms with van der Waals surface area (Å²) in [6.45, 7) is 2.21. The number of allylic oxidation sites excluding steroid dienone is 2. The summed E-state index contributed by atoms with van der Waals surface area (Å²) in [4.78, 5) is 10.3. The Hall–Kier alpha value is -0.102. The quantitative estimate of drug-likeness (QED) is 0.344. The second-order valence-electron chi connectivity index (χ2n) is 4.31. The molecule has 0 atom stereocenters. The van der Waals surface area contributed by atoms with Crippen LogP contribution in [-0.4, -0.2) is 11.1 Å². The van der Waals surface area contributed by atoms with Crippen LogP contribution in [-0.2, 0) is 25.9 Å². The Morgan fingerprint density at radius 1 is 0.941 bits per heavy atom. The summed E-state index contributed by atoms with van der Waals surface area (Å²) in [6.07, 6.45) is 15.4. The third-order valence-electron chi connectivity index (χ3n) is 2.65. The molecule has 0 radical (unpaired) electrons. The van der Waals surface area contributed by atoms with Crippen molar-refractivity contribution >= 4 is 5.97 Å². The van der Waals surface area contributed by atoms with Gasteiger partial charge >= 0.3 is 5.97 Å². The van der Waals surface area contributed by atoms with Crippen LogP contribution in [0.25, 0.3) is 0 Å². The molecule has 0 aliphatic heterocycles. The smallest absolute Gasteiger partial charge is 0.303 e. The minimum Gasteiger partial charge on any atom is -0.481 e. The Morgan fingerprint density at radius 3 is 2.06 bits per heavy atom. The predicted molar refractivity (Wildman–Crippen MR) is 68.6 cm³/mol. The molecule has 0 aromatic heterocycles. The molecule has 0 bridgehead atoms. The zero-order valence-electron chi connectivity index (χ0n) is 11.0. The molecule has 0 aliphatic rings. The molecule has 1 N–H and O–H groups in total. The molecule has 0 rings (SSSR count). The first-order chi connectivity index (χ1) is 7.77. The molecule has 0 aliphatic carbocycles. The number of carboxylic acid groups (broad SMARTS) is 1. The average molecular weight is 322 g/mol. The first-order valence-electron chi connectivity index (χ1n) is 6.64. The molecule has 0 saturated carbocycles. The molecule has 0 unspecified atom stereocenters. The zero-order chi connectivity index (χ0) is 12.1. The van der Waals surface area contributed by atoms with Crippen molar-refractivity contribution in [1.82, 2.24) is 0 Å². The monoisotopic (exact) mass is 324 g/mol. The molecular formula is C14H26MoO2. The van der Waals surface area contributed by atoms with Crippen molar-refractivity contribution in [2.75, 3.05) is 0 Å². The van der Waals surface area contributed by atoms with E-state index in [0.717, 1.165) is 12.8 Å². The van der Waals surface area contributed by atoms with E-state index in [1.807, 2.05) is 0 Å². The second-order valence-corrected chi connectivity index (χ2v) is 4.31. The number of aliphatic carboxylic acids is 1. The van der Waals surface area contributed by atoms with Gasteiger partial charge in [0, 0.05) is 27.5 Å². The van der Waals surface area contributed by atoms with Crippen LogP contribution in [0.1, 0.15) is 71.1 Å². The van der Waals surface area contributed by atoms with Gasteiger partial charge in [0.1, 0.15) is 0 Å². The molecule has 0 aromatic carbocycles. The molecule has 0 amide bonds. The summed E-state index contributed by atoms with van der Waals surface area (Å²) >= 11 is 0. The predicted octanol–water partition coefficient (Wildman–Crippen LogP) is 4.55. The van der Waals surface area contributed by atoms with E-state index in [1.165, 1.54) is 44.9 Å². The second kappa shape index (κ2) is 15.9. The van der Waals surface area contributed by atoms with Crippen molar-refractivity contribution in [2.45, 2.75) is 71.1 Å². The van der Waals surface area contributed by atoms with Gasteiger partial charge in [-0.1, -0.05) is 51.2 Å². The van der Waals surface area contributed by atoms with Gasteiger partial charge < -0.3 is 5.11 Å². The maximum Gasteiger partial charge on any atom is 0.303 e. The van der Waals surface area contributed by atoms with Crippen LogP contribution in [0.4, 0.5) is 0 Å². The molecule has 100 valence electrons. The Balaban J connectivity index is 0. The maximum atomic E-state index is 10.3. The van der Waals surface area contributed by atoms with Crippen molar-refractivity contribution in [3.05, 3.63) is 12.2 Å². The van der Waals surface area contributed by atoms with Crippen molar-refractivity contribution in [3.63, 3.8) is 0 Å². The van der Waals surface area contributed by atoms with Crippen molar-refractivity contribution in [2.24, 2.45) is 0 Å². The van der Waals surface area contributed by atoms with Gasteiger partial charge in [0.05, 0.1) is 0 Å². The summed E-state index contributed by atoms with van der Waals surface area (Å²) in [5, 5.41) is 8.45. The number of hydrogen-bond acceptors (Lipinski definition) is 1. The van der Waals surface area contributed by atoms with Crippen LogP contribution in [0.15, 0.2) is 12.2 Å². The standard InChI is InChI=1S/C14H26O2.Mo/c1-2-3-4-5-6-7-8-9-10-11-12-13-14(15)16;/h5-6H,2-4,7-13H2,1H3,(H,15,16);/b6-5-;. The first-order valence-corrected chi connectivity index (χ1v) is 6.64. The normalized spacial score (nSPS) is 10.4. The molecule has 0 fully saturated rings. The van der Waals surface area contributed by atoms with Crippen LogP contribution >= 0.6 is 0 Å². The van der Waals surface area contributed by atoms with E-state index in [4.69, 9.17) is 5.11 Å². The van der Waals surface area contributed by atoms with Crippen molar-refractivity contribution < 1.29 is 31.0 Å². The number of carboxylic acids is 1. The first kappa shape index (κ1) is 19.2. The fourth-order valence-electron chi connectivity index (χ4n) is 1.63. The largest absolute Gasteiger partial charge is 0.481 e. The number of hydrogen-bond donors (Lipinski definition) is 1. The minimum absolute atomic E-state index is 0. The SMILES string of the molecule is CCCC/C=C\CCCCCCCC(=O)O.[Mo]. The fraction of sp³-hybridized carbons (Fsp3) is 0.786. The minimum atomic E-state index is -0.668. The van der Waals surface area contributed by atoms with E-state index in [0.29, 0.717) is 6.42 Å². The molecule has 17 heavy (non-hydrogen) atoms. The van der Waals surface area contributed by atoms with E-state index in [9.17, 15) is 4.79 Å². The van der Waals surface area contributed by atoms with E-state index in [2.05, 4.69) is 19.1 Å². The van der Waals surface area contributed by atoms with E-state index < -0.39 is 5.97 Å². The summed E-state index contributed by atoms with van der Waals surface area (Å²) in [7, 11) is 0. The van der Waals surface area contributed by atoms with Crippen LogP contribution in [0.2, 0.25) is 0 Å². The molecular weight excluding hydrogens is 296 g/mol. The van der Waals surface area contributed by atoms with Gasteiger partial charge in [0.2, 0.25) is 0 Å². The molecule has 0 heterocycles. The summed E-state index contributed by atoms with van der Waals surface area (Å²) < 4.78 is 0. The van der Waals surface area contributed by atoms with Gasteiger partial charge in [-0.2, -0.15) is 0 Å². The average Bonchev–Trinajstić information content (AvgIpc) is 2.25. The number of carbonyl (C=O) groups is 1. The van der Waals surface area contributed by atoms with Crippen LogP contribution in [0, 0.1) is 0 Å². The summed E-state index contributed by atoms with van der Waals surface area (Å²) in [5.41, 5.74) is 0. The van der Waals surface area contributed by atoms with E-state index >= 15 is 0 Å². The van der Waals surface area contributed by atoms with Gasteiger partial charge in [-0.3, -0.25) is 4.79 Å². The topological polar surface area (TPSA) is 37.3 Å². The van der Waals surface area contributed by atoms with Gasteiger partial charge in [0.25, 0.3) is 0 Å². The zero-order valence-corrected chi connectivity index (χ0v) is 13.0. The van der Waals surface area contributed by atoms with Gasteiger partial charge in [-0.15, -0.1) is 0 Å². The van der Waals surface area contributed by atoms with Crippen molar-refractivity contribution in [3.8, 4) is 0 Å². The summed E-state index contributed by atoms with van der Waals surface area (Å²) in [6, 6.07) is 0. The number of unbranched alkanes of at least 4 members (excludes halogenated alkanes) is 7. The van der Waals surface area contributed by atoms with Gasteiger partial charge in [-0.25, -0.2) is 0 Å². The molecule has 0 saturated heterocycles. The summed E-state index contributed by atoms with van der Waals surface area (Å²) in [5.74, 6) is -0.668. The Bertz CT molecular complexity index is 191. The molecule has 0 spiro atoms. The Labute approximate surface area is 120 Å². The Kier molecular flexibility index (Phi) is 18.0. The third kappa shape index (κ3) is 18.5. The molecule has 0 aromatic rings. The molecule has 3 heteroatoms. The van der Waals surface area contributed by atoms with Gasteiger partial charge in [-0.05, 0) is 25.7 Å². The van der Waals surface area contributed by atoms with Crippen molar-refractivity contribution in [1.29, 1.82) is 0 Å². The maximum absolute atomic E-state index is 10.3. The van der Waals surface area contributed by atoms with Crippen LogP contribution < -0.4 is 0 Å². The number of rotatable bonds is 11. The fourth-order valence-corrected chi connectivity index (χ4v) is 1.63. The molecule has 2 nitrogen and oxygen atoms in total. The van der Waals surface area contributed by atoms with E-state index in [-0.39, 0.29) is 21.1 Å². The van der Waals surface area contributed by atoms with Gasteiger partial charge in [0.15, 0.2) is 0 Å². The van der Waals surface area contributed by atoms with Crippen LogP contribution in [0.5, 0.6) is 0 Å². The Morgan fingerprint density at radius 2 is 1.47 bits per heavy atom. The van der Waals surface area contributed by atoms with Crippen LogP contribution in [0.3, 0.4) is 0 Å².